The van der Waals surface area contributed by atoms with Crippen molar-refractivity contribution in [3.63, 3.8) is 0 Å². The van der Waals surface area contributed by atoms with E-state index < -0.39 is 0 Å². The van der Waals surface area contributed by atoms with Gasteiger partial charge in [0.25, 0.3) is 0 Å². The highest BCUT2D eigenvalue weighted by atomic mass is 15.1. The fraction of sp³-hybridized carbons (Fsp3) is 0.0588. The highest BCUT2D eigenvalue weighted by molar-refractivity contribution is 5.48. The van der Waals surface area contributed by atoms with Gasteiger partial charge >= 0.3 is 0 Å². The Bertz CT molecular complexity index is 502. The number of benzene rings is 1. The van der Waals surface area contributed by atoms with Gasteiger partial charge in [-0.05, 0) is 23.8 Å². The van der Waals surface area contributed by atoms with Crippen molar-refractivity contribution in [1.82, 2.24) is 0 Å². The van der Waals surface area contributed by atoms with Gasteiger partial charge < -0.3 is 4.90 Å². The van der Waals surface area contributed by atoms with E-state index in [2.05, 4.69) is 35.3 Å². The summed E-state index contributed by atoms with van der Waals surface area (Å²) >= 11 is 0. The van der Waals surface area contributed by atoms with Gasteiger partial charge in [0.15, 0.2) is 0 Å². The Balaban J connectivity index is 1.88. The van der Waals surface area contributed by atoms with Crippen molar-refractivity contribution >= 4 is 5.69 Å². The zero-order chi connectivity index (χ0) is 12.6. The predicted molar refractivity (Wildman–Crippen MR) is 79.5 cm³/mol. The highest BCUT2D eigenvalue weighted by Crippen LogP contribution is 2.11. The molecule has 0 spiro atoms. The van der Waals surface area contributed by atoms with Crippen molar-refractivity contribution in [2.24, 2.45) is 0 Å². The molecule has 1 nitrogen and oxygen atoms in total. The Morgan fingerprint density at radius 1 is 0.889 bits per heavy atom. The number of anilines is 1. The van der Waals surface area contributed by atoms with Gasteiger partial charge in [0, 0.05) is 18.9 Å². The molecule has 0 amide bonds. The van der Waals surface area contributed by atoms with Crippen molar-refractivity contribution in [3.8, 4) is 0 Å². The van der Waals surface area contributed by atoms with Gasteiger partial charge in [-0.2, -0.15) is 0 Å². The van der Waals surface area contributed by atoms with Crippen LogP contribution in [0.5, 0.6) is 0 Å². The molecule has 0 bridgehead atoms. The average Bonchev–Trinajstić information content (AvgIpc) is 2.92. The second kappa shape index (κ2) is 6.45. The van der Waals surface area contributed by atoms with E-state index in [1.165, 1.54) is 11.3 Å². The molecule has 0 fully saturated rings. The first-order valence-electron chi connectivity index (χ1n) is 6.04. The Labute approximate surface area is 109 Å². The maximum atomic E-state index is 2.09. The van der Waals surface area contributed by atoms with Crippen LogP contribution in [0.4, 0.5) is 5.69 Å². The zero-order valence-electron chi connectivity index (χ0n) is 10.5. The van der Waals surface area contributed by atoms with E-state index in [0.717, 1.165) is 0 Å². The minimum absolute atomic E-state index is 1.18. The highest BCUT2D eigenvalue weighted by Gasteiger charge is 1.92. The van der Waals surface area contributed by atoms with E-state index in [1.54, 1.807) is 0 Å². The van der Waals surface area contributed by atoms with Crippen molar-refractivity contribution < 1.29 is 0 Å². The minimum atomic E-state index is 1.18. The summed E-state index contributed by atoms with van der Waals surface area (Å²) in [4.78, 5) is 2.09. The largest absolute Gasteiger partial charge is 0.351 e. The van der Waals surface area contributed by atoms with Gasteiger partial charge in [0.05, 0.1) is 0 Å². The van der Waals surface area contributed by atoms with Crippen molar-refractivity contribution in [2.75, 3.05) is 11.9 Å². The molecule has 1 aliphatic carbocycles. The molecule has 0 atom stereocenters. The molecule has 1 heteroatoms. The SMILES string of the molecule is CN(/C=C/C=C/C=C1C=CC=C1)c1ccccc1. The molecule has 1 aromatic carbocycles. The smallest absolute Gasteiger partial charge is 0.0403 e. The van der Waals surface area contributed by atoms with Gasteiger partial charge in [0.2, 0.25) is 0 Å². The van der Waals surface area contributed by atoms with Crippen LogP contribution in [0.25, 0.3) is 0 Å². The first kappa shape index (κ1) is 12.2. The van der Waals surface area contributed by atoms with Gasteiger partial charge in [-0.1, -0.05) is 60.7 Å². The van der Waals surface area contributed by atoms with E-state index in [9.17, 15) is 0 Å². The van der Waals surface area contributed by atoms with Gasteiger partial charge in [-0.3, -0.25) is 0 Å². The molecule has 0 saturated heterocycles. The Hall–Kier alpha value is -2.28. The summed E-state index contributed by atoms with van der Waals surface area (Å²) in [6, 6.07) is 10.3. The summed E-state index contributed by atoms with van der Waals surface area (Å²) in [7, 11) is 2.04. The fourth-order valence-corrected chi connectivity index (χ4v) is 1.66. The third-order valence-electron chi connectivity index (χ3n) is 2.67. The third-order valence-corrected chi connectivity index (χ3v) is 2.67. The van der Waals surface area contributed by atoms with Crippen molar-refractivity contribution in [3.05, 3.63) is 90.7 Å². The lowest BCUT2D eigenvalue weighted by atomic mass is 10.2. The maximum absolute atomic E-state index is 2.09. The second-order valence-corrected chi connectivity index (χ2v) is 4.06. The summed E-state index contributed by atoms with van der Waals surface area (Å²) in [6.45, 7) is 0. The lowest BCUT2D eigenvalue weighted by molar-refractivity contribution is 1.20. The fourth-order valence-electron chi connectivity index (χ4n) is 1.66. The number of nitrogens with zero attached hydrogens (tertiary/aromatic N) is 1. The Morgan fingerprint density at radius 2 is 1.61 bits per heavy atom. The molecular weight excluding hydrogens is 218 g/mol. The maximum Gasteiger partial charge on any atom is 0.0403 e. The summed E-state index contributed by atoms with van der Waals surface area (Å²) in [5.74, 6) is 0. The molecule has 2 rings (SSSR count). The Kier molecular flexibility index (Phi) is 4.37. The summed E-state index contributed by atoms with van der Waals surface area (Å²) in [5.41, 5.74) is 2.42. The van der Waals surface area contributed by atoms with Crippen LogP contribution in [-0.2, 0) is 0 Å². The second-order valence-electron chi connectivity index (χ2n) is 4.06. The molecule has 18 heavy (non-hydrogen) atoms. The van der Waals surface area contributed by atoms with E-state index in [-0.39, 0.29) is 0 Å². The number of rotatable bonds is 4. The van der Waals surface area contributed by atoms with E-state index in [4.69, 9.17) is 0 Å². The van der Waals surface area contributed by atoms with Crippen LogP contribution in [0.1, 0.15) is 0 Å². The summed E-state index contributed by atoms with van der Waals surface area (Å²) < 4.78 is 0. The van der Waals surface area contributed by atoms with Gasteiger partial charge in [-0.25, -0.2) is 0 Å². The molecular formula is C17H17N. The standard InChI is InChI=1S/C17H17N/c1-18(17-13-5-2-6-14-17)15-9-3-4-10-16-11-7-8-12-16/h2-15H,1H3/b4-3+,15-9+. The van der Waals surface area contributed by atoms with Gasteiger partial charge in [-0.15, -0.1) is 0 Å². The first-order chi connectivity index (χ1) is 8.86. The average molecular weight is 235 g/mol. The molecule has 0 heterocycles. The van der Waals surface area contributed by atoms with Gasteiger partial charge in [0.1, 0.15) is 0 Å². The molecule has 0 saturated carbocycles. The van der Waals surface area contributed by atoms with Crippen LogP contribution in [-0.4, -0.2) is 7.05 Å². The molecule has 0 radical (unpaired) electrons. The van der Waals surface area contributed by atoms with Crippen LogP contribution >= 0.6 is 0 Å². The van der Waals surface area contributed by atoms with Crippen LogP contribution in [0, 0.1) is 0 Å². The molecule has 1 aromatic rings. The zero-order valence-corrected chi connectivity index (χ0v) is 10.5. The molecule has 0 unspecified atom stereocenters. The summed E-state index contributed by atoms with van der Waals surface area (Å²) in [5, 5.41) is 0. The van der Waals surface area contributed by atoms with E-state index in [0.29, 0.717) is 0 Å². The predicted octanol–water partition coefficient (Wildman–Crippen LogP) is 4.25. The third kappa shape index (κ3) is 3.63. The molecule has 0 aromatic heterocycles. The quantitative estimate of drug-likeness (QED) is 0.705. The lowest BCUT2D eigenvalue weighted by Crippen LogP contribution is -2.06. The van der Waals surface area contributed by atoms with E-state index in [1.807, 2.05) is 61.8 Å². The number of hydrogen-bond donors (Lipinski definition) is 0. The normalized spacial score (nSPS) is 13.9. The number of allylic oxidation sites excluding steroid dienone is 9. The molecule has 0 N–H and O–H groups in total. The molecule has 0 aliphatic heterocycles. The van der Waals surface area contributed by atoms with Crippen molar-refractivity contribution in [2.45, 2.75) is 0 Å². The minimum Gasteiger partial charge on any atom is -0.351 e. The first-order valence-corrected chi connectivity index (χ1v) is 6.04. The lowest BCUT2D eigenvalue weighted by Gasteiger charge is -2.12. The van der Waals surface area contributed by atoms with Crippen LogP contribution in [0.3, 0.4) is 0 Å². The molecule has 1 aliphatic rings. The van der Waals surface area contributed by atoms with Crippen LogP contribution < -0.4 is 4.90 Å². The molecule has 90 valence electrons. The van der Waals surface area contributed by atoms with Crippen LogP contribution in [0.15, 0.2) is 90.7 Å². The Morgan fingerprint density at radius 3 is 2.33 bits per heavy atom. The number of para-hydroxylation sites is 1. The van der Waals surface area contributed by atoms with E-state index >= 15 is 0 Å². The monoisotopic (exact) mass is 235 g/mol. The van der Waals surface area contributed by atoms with Crippen molar-refractivity contribution in [1.29, 1.82) is 0 Å². The number of hydrogen-bond acceptors (Lipinski definition) is 1. The summed E-state index contributed by atoms with van der Waals surface area (Å²) in [6.07, 6.45) is 18.5. The topological polar surface area (TPSA) is 3.24 Å². The van der Waals surface area contributed by atoms with Crippen LogP contribution in [0.2, 0.25) is 0 Å².